The van der Waals surface area contributed by atoms with Gasteiger partial charge in [0.1, 0.15) is 11.4 Å². The van der Waals surface area contributed by atoms with E-state index in [1.165, 1.54) is 10.6 Å². The summed E-state index contributed by atoms with van der Waals surface area (Å²) in [6, 6.07) is 8.37. The molecule has 0 fully saturated rings. The molecule has 0 radical (unpaired) electrons. The van der Waals surface area contributed by atoms with Gasteiger partial charge < -0.3 is 9.94 Å². The summed E-state index contributed by atoms with van der Waals surface area (Å²) in [5, 5.41) is 9.57. The zero-order valence-electron chi connectivity index (χ0n) is 15.0. The molecule has 0 saturated heterocycles. The molecular weight excluding hydrogens is 262 g/mol. The van der Waals surface area contributed by atoms with Crippen molar-refractivity contribution in [2.75, 3.05) is 13.6 Å². The van der Waals surface area contributed by atoms with Crippen molar-refractivity contribution in [3.8, 4) is 5.75 Å². The molecule has 0 spiro atoms. The first-order chi connectivity index (χ1) is 9.45. The minimum atomic E-state index is -0.122. The molecule has 0 amide bonds. The van der Waals surface area contributed by atoms with E-state index in [1.54, 1.807) is 7.05 Å². The van der Waals surface area contributed by atoms with E-state index in [0.717, 1.165) is 18.7 Å². The molecule has 0 saturated carbocycles. The number of hydroxylamine groups is 2. The summed E-state index contributed by atoms with van der Waals surface area (Å²) in [6.45, 7) is 15.6. The lowest BCUT2D eigenvalue weighted by molar-refractivity contribution is -0.0642. The summed E-state index contributed by atoms with van der Waals surface area (Å²) < 4.78 is 5.77. The van der Waals surface area contributed by atoms with Gasteiger partial charge in [-0.05, 0) is 50.3 Å². The number of ether oxygens (including phenoxy) is 1. The van der Waals surface area contributed by atoms with Crippen molar-refractivity contribution in [1.29, 1.82) is 0 Å². The van der Waals surface area contributed by atoms with Crippen LogP contribution in [0.1, 0.15) is 60.5 Å². The van der Waals surface area contributed by atoms with Crippen LogP contribution in [0.3, 0.4) is 0 Å². The molecule has 0 bridgehead atoms. The van der Waals surface area contributed by atoms with Gasteiger partial charge >= 0.3 is 0 Å². The largest absolute Gasteiger partial charge is 0.488 e. The highest BCUT2D eigenvalue weighted by Gasteiger charge is 2.15. The third kappa shape index (κ3) is 10.3. The Hall–Kier alpha value is -1.06. The van der Waals surface area contributed by atoms with Crippen LogP contribution < -0.4 is 4.74 Å². The second-order valence-corrected chi connectivity index (χ2v) is 7.37. The van der Waals surface area contributed by atoms with Crippen LogP contribution in [0.25, 0.3) is 0 Å². The summed E-state index contributed by atoms with van der Waals surface area (Å²) >= 11 is 0. The van der Waals surface area contributed by atoms with Crippen molar-refractivity contribution in [3.63, 3.8) is 0 Å². The lowest BCUT2D eigenvalue weighted by atomic mass is 9.87. The van der Waals surface area contributed by atoms with Crippen LogP contribution in [0.2, 0.25) is 0 Å². The molecule has 1 rings (SSSR count). The minimum absolute atomic E-state index is 0.122. The van der Waals surface area contributed by atoms with E-state index in [0.29, 0.717) is 0 Å². The maximum atomic E-state index is 8.39. The van der Waals surface area contributed by atoms with E-state index in [4.69, 9.17) is 9.94 Å². The van der Waals surface area contributed by atoms with Crippen LogP contribution in [-0.4, -0.2) is 29.5 Å². The Kier molecular flexibility index (Phi) is 7.98. The highest BCUT2D eigenvalue weighted by molar-refractivity contribution is 5.31. The number of hydrogen-bond donors (Lipinski definition) is 1. The number of rotatable bonds is 3. The van der Waals surface area contributed by atoms with Crippen molar-refractivity contribution in [1.82, 2.24) is 5.06 Å². The van der Waals surface area contributed by atoms with Gasteiger partial charge in [0.2, 0.25) is 0 Å². The Morgan fingerprint density at radius 1 is 1.00 bits per heavy atom. The molecule has 1 aromatic carbocycles. The van der Waals surface area contributed by atoms with E-state index < -0.39 is 0 Å². The Morgan fingerprint density at radius 3 is 1.71 bits per heavy atom. The molecule has 0 unspecified atom stereocenters. The molecule has 0 aliphatic heterocycles. The first kappa shape index (κ1) is 19.9. The minimum Gasteiger partial charge on any atom is -0.488 e. The first-order valence-electron chi connectivity index (χ1n) is 7.65. The topological polar surface area (TPSA) is 32.7 Å². The van der Waals surface area contributed by atoms with Crippen molar-refractivity contribution in [3.05, 3.63) is 29.8 Å². The smallest absolute Gasteiger partial charge is 0.120 e. The lowest BCUT2D eigenvalue weighted by Gasteiger charge is -2.23. The average molecular weight is 295 g/mol. The molecule has 21 heavy (non-hydrogen) atoms. The summed E-state index contributed by atoms with van der Waals surface area (Å²) in [4.78, 5) is 0. The fraction of sp³-hybridized carbons (Fsp3) is 0.667. The second kappa shape index (κ2) is 8.40. The predicted octanol–water partition coefficient (Wildman–Crippen LogP) is 4.88. The Balaban J connectivity index is 0.000000567. The van der Waals surface area contributed by atoms with Crippen molar-refractivity contribution in [2.45, 2.75) is 65.9 Å². The molecule has 0 aliphatic carbocycles. The van der Waals surface area contributed by atoms with Crippen LogP contribution in [0.5, 0.6) is 5.75 Å². The molecule has 3 heteroatoms. The van der Waals surface area contributed by atoms with E-state index in [9.17, 15) is 0 Å². The van der Waals surface area contributed by atoms with E-state index in [1.807, 2.05) is 19.1 Å². The van der Waals surface area contributed by atoms with E-state index in [-0.39, 0.29) is 11.0 Å². The summed E-state index contributed by atoms with van der Waals surface area (Å²) in [6.07, 6.45) is 1.01. The lowest BCUT2D eigenvalue weighted by Crippen LogP contribution is -2.23. The Morgan fingerprint density at radius 2 is 1.48 bits per heavy atom. The third-order valence-corrected chi connectivity index (χ3v) is 2.69. The molecule has 0 aromatic heterocycles. The standard InChI is InChI=1S/C14H22O.C4H11NO/c1-13(2,3)11-7-9-12(10-8-11)15-14(4,5)6;1-3-4-5(2)6/h7-10H,1-6H3;6H,3-4H2,1-2H3. The van der Waals surface area contributed by atoms with Gasteiger partial charge in [-0.2, -0.15) is 5.06 Å². The van der Waals surface area contributed by atoms with Crippen molar-refractivity contribution < 1.29 is 9.94 Å². The van der Waals surface area contributed by atoms with Gasteiger partial charge in [0, 0.05) is 13.6 Å². The molecule has 1 aromatic rings. The third-order valence-electron chi connectivity index (χ3n) is 2.69. The van der Waals surface area contributed by atoms with Gasteiger partial charge in [-0.25, -0.2) is 0 Å². The quantitative estimate of drug-likeness (QED) is 0.807. The van der Waals surface area contributed by atoms with Crippen molar-refractivity contribution >= 4 is 0 Å². The fourth-order valence-electron chi connectivity index (χ4n) is 1.70. The Bertz CT molecular complexity index is 383. The fourth-order valence-corrected chi connectivity index (χ4v) is 1.70. The van der Waals surface area contributed by atoms with Crippen LogP contribution in [-0.2, 0) is 5.41 Å². The van der Waals surface area contributed by atoms with Gasteiger partial charge in [0.25, 0.3) is 0 Å². The van der Waals surface area contributed by atoms with Crippen molar-refractivity contribution in [2.24, 2.45) is 0 Å². The van der Waals surface area contributed by atoms with Gasteiger partial charge in [-0.3, -0.25) is 0 Å². The van der Waals surface area contributed by atoms with Crippen LogP contribution in [0.4, 0.5) is 0 Å². The maximum Gasteiger partial charge on any atom is 0.120 e. The van der Waals surface area contributed by atoms with Gasteiger partial charge in [-0.15, -0.1) is 0 Å². The SMILES string of the molecule is CC(C)(C)Oc1ccc(C(C)(C)C)cc1.CCCN(C)O. The zero-order chi connectivity index (χ0) is 16.7. The number of nitrogens with zero attached hydrogens (tertiary/aromatic N) is 1. The maximum absolute atomic E-state index is 8.39. The molecule has 122 valence electrons. The summed E-state index contributed by atoms with van der Waals surface area (Å²) in [7, 11) is 1.64. The highest BCUT2D eigenvalue weighted by Crippen LogP contribution is 2.25. The average Bonchev–Trinajstić information content (AvgIpc) is 2.26. The highest BCUT2D eigenvalue weighted by atomic mass is 16.5. The molecule has 0 atom stereocenters. The van der Waals surface area contributed by atoms with E-state index in [2.05, 4.69) is 53.7 Å². The van der Waals surface area contributed by atoms with Crippen LogP contribution in [0, 0.1) is 0 Å². The van der Waals surface area contributed by atoms with Gasteiger partial charge in [0.05, 0.1) is 0 Å². The Labute approximate surface area is 130 Å². The van der Waals surface area contributed by atoms with Gasteiger partial charge in [0.15, 0.2) is 0 Å². The molecule has 3 nitrogen and oxygen atoms in total. The molecule has 0 heterocycles. The molecule has 0 aliphatic rings. The number of hydrogen-bond acceptors (Lipinski definition) is 3. The molecule has 1 N–H and O–H groups in total. The molecular formula is C18H33NO2. The normalized spacial score (nSPS) is 11.9. The first-order valence-corrected chi connectivity index (χ1v) is 7.65. The monoisotopic (exact) mass is 295 g/mol. The summed E-state index contributed by atoms with van der Waals surface area (Å²) in [5.41, 5.74) is 1.42. The van der Waals surface area contributed by atoms with Crippen LogP contribution in [0.15, 0.2) is 24.3 Å². The van der Waals surface area contributed by atoms with Gasteiger partial charge in [-0.1, -0.05) is 39.8 Å². The number of benzene rings is 1. The summed E-state index contributed by atoms with van der Waals surface area (Å²) in [5.74, 6) is 0.940. The predicted molar refractivity (Wildman–Crippen MR) is 90.2 cm³/mol. The second-order valence-electron chi connectivity index (χ2n) is 7.37. The zero-order valence-corrected chi connectivity index (χ0v) is 15.0. The van der Waals surface area contributed by atoms with Crippen LogP contribution >= 0.6 is 0 Å². The van der Waals surface area contributed by atoms with E-state index >= 15 is 0 Å².